The molecule has 2 aromatic rings. The van der Waals surface area contributed by atoms with Gasteiger partial charge in [-0.2, -0.15) is 0 Å². The van der Waals surface area contributed by atoms with Crippen LogP contribution in [0.2, 0.25) is 5.02 Å². The Labute approximate surface area is 118 Å². The smallest absolute Gasteiger partial charge is 0.0843 e. The van der Waals surface area contributed by atoms with Crippen molar-refractivity contribution in [1.29, 1.82) is 0 Å². The predicted molar refractivity (Wildman–Crippen MR) is 81.8 cm³/mol. The van der Waals surface area contributed by atoms with Gasteiger partial charge in [-0.25, -0.2) is 0 Å². The lowest BCUT2D eigenvalue weighted by molar-refractivity contribution is 1.57. The summed E-state index contributed by atoms with van der Waals surface area (Å²) >= 11 is 6.24. The van der Waals surface area contributed by atoms with Crippen LogP contribution in [0.5, 0.6) is 0 Å². The highest BCUT2D eigenvalue weighted by molar-refractivity contribution is 6.31. The molecule has 1 aliphatic carbocycles. The van der Waals surface area contributed by atoms with Gasteiger partial charge in [0.2, 0.25) is 0 Å². The fraction of sp³-hybridized carbons (Fsp3) is 0. The summed E-state index contributed by atoms with van der Waals surface area (Å²) in [5.41, 5.74) is 4.54. The van der Waals surface area contributed by atoms with E-state index < -0.39 is 0 Å². The molecule has 0 saturated carbocycles. The summed E-state index contributed by atoms with van der Waals surface area (Å²) in [4.78, 5) is 0. The van der Waals surface area contributed by atoms with Gasteiger partial charge in [-0.1, -0.05) is 41.9 Å². The van der Waals surface area contributed by atoms with Crippen LogP contribution in [-0.4, -0.2) is 0 Å². The summed E-state index contributed by atoms with van der Waals surface area (Å²) in [6, 6.07) is 16.4. The van der Waals surface area contributed by atoms with Crippen LogP contribution in [0.4, 0.5) is 0 Å². The molecular weight excluding hydrogens is 252 g/mol. The first-order chi connectivity index (χ1) is 9.33. The Morgan fingerprint density at radius 2 is 1.63 bits per heavy atom. The zero-order chi connectivity index (χ0) is 13.1. The number of hydrogen-bond donors (Lipinski definition) is 0. The van der Waals surface area contributed by atoms with Crippen LogP contribution < -0.4 is 0 Å². The number of hydrogen-bond acceptors (Lipinski definition) is 0. The van der Waals surface area contributed by atoms with Crippen molar-refractivity contribution in [2.45, 2.75) is 0 Å². The second-order valence-electron chi connectivity index (χ2n) is 4.39. The van der Waals surface area contributed by atoms with E-state index >= 15 is 0 Å². The average molecular weight is 264 g/mol. The summed E-state index contributed by atoms with van der Waals surface area (Å²) in [5, 5.41) is 0.750. The van der Waals surface area contributed by atoms with Crippen molar-refractivity contribution >= 4 is 17.2 Å². The normalized spacial score (nSPS) is 13.0. The molecule has 90 valence electrons. The summed E-state index contributed by atoms with van der Waals surface area (Å²) in [5.74, 6) is 0. The number of benzene rings is 2. The molecule has 0 spiro atoms. The molecule has 19 heavy (non-hydrogen) atoms. The maximum absolute atomic E-state index is 6.24. The minimum absolute atomic E-state index is 0.750. The summed E-state index contributed by atoms with van der Waals surface area (Å²) in [6.07, 6.45) is 11.0. The molecule has 0 aromatic heterocycles. The molecular formula is C18H12Cl+. The molecule has 0 nitrogen and oxygen atoms in total. The van der Waals surface area contributed by atoms with Crippen molar-refractivity contribution in [2.24, 2.45) is 0 Å². The van der Waals surface area contributed by atoms with Gasteiger partial charge in [0.1, 0.15) is 12.2 Å². The van der Waals surface area contributed by atoms with Crippen LogP contribution >= 0.6 is 11.6 Å². The molecule has 1 aliphatic rings. The molecule has 0 heterocycles. The van der Waals surface area contributed by atoms with Crippen LogP contribution in [0.3, 0.4) is 0 Å². The van der Waals surface area contributed by atoms with E-state index in [2.05, 4.69) is 30.4 Å². The molecule has 0 saturated heterocycles. The van der Waals surface area contributed by atoms with Gasteiger partial charge in [0.25, 0.3) is 0 Å². The number of rotatable bonds is 2. The monoisotopic (exact) mass is 263 g/mol. The molecule has 0 radical (unpaired) electrons. The molecule has 0 amide bonds. The Bertz CT molecular complexity index is 676. The second-order valence-corrected chi connectivity index (χ2v) is 4.82. The Morgan fingerprint density at radius 1 is 0.842 bits per heavy atom. The highest BCUT2D eigenvalue weighted by Crippen LogP contribution is 2.29. The van der Waals surface area contributed by atoms with Gasteiger partial charge >= 0.3 is 0 Å². The minimum atomic E-state index is 0.750. The van der Waals surface area contributed by atoms with Gasteiger partial charge < -0.3 is 0 Å². The maximum Gasteiger partial charge on any atom is 0.111 e. The van der Waals surface area contributed by atoms with E-state index in [0.29, 0.717) is 0 Å². The Balaban J connectivity index is 2.09. The second kappa shape index (κ2) is 5.24. The third-order valence-electron chi connectivity index (χ3n) is 3.05. The fourth-order valence-corrected chi connectivity index (χ4v) is 2.36. The van der Waals surface area contributed by atoms with E-state index in [-0.39, 0.29) is 0 Å². The molecule has 0 atom stereocenters. The first-order valence-corrected chi connectivity index (χ1v) is 6.53. The van der Waals surface area contributed by atoms with Crippen LogP contribution in [0.25, 0.3) is 16.7 Å². The average Bonchev–Trinajstić information content (AvgIpc) is 2.48. The molecule has 0 fully saturated rings. The topological polar surface area (TPSA) is 0 Å². The standard InChI is InChI=1S/C18H12Cl/c19-18-12-16(14-7-3-1-4-8-14)11-17(13-18)15-9-5-2-6-10-15/h1-5,7-13H/q+1. The first-order valence-electron chi connectivity index (χ1n) is 6.15. The van der Waals surface area contributed by atoms with Crippen LogP contribution in [0.1, 0.15) is 5.56 Å². The minimum Gasteiger partial charge on any atom is -0.0843 e. The van der Waals surface area contributed by atoms with E-state index in [4.69, 9.17) is 11.6 Å². The summed E-state index contributed by atoms with van der Waals surface area (Å²) in [7, 11) is 0. The van der Waals surface area contributed by atoms with Gasteiger partial charge in [0.15, 0.2) is 0 Å². The SMILES string of the molecule is Clc1cc(C2=CC=C[C+]=C2)cc(-c2ccccc2)c1. The van der Waals surface area contributed by atoms with E-state index in [9.17, 15) is 0 Å². The van der Waals surface area contributed by atoms with Crippen molar-refractivity contribution in [3.05, 3.63) is 89.5 Å². The van der Waals surface area contributed by atoms with Crippen molar-refractivity contribution in [3.63, 3.8) is 0 Å². The van der Waals surface area contributed by atoms with Crippen LogP contribution in [-0.2, 0) is 0 Å². The van der Waals surface area contributed by atoms with Gasteiger partial charge in [-0.05, 0) is 29.3 Å². The maximum atomic E-state index is 6.24. The molecule has 0 N–H and O–H groups in total. The quantitative estimate of drug-likeness (QED) is 0.643. The Hall–Kier alpha value is -2.14. The Morgan fingerprint density at radius 3 is 2.37 bits per heavy atom. The summed E-state index contributed by atoms with van der Waals surface area (Å²) < 4.78 is 0. The molecule has 2 aromatic carbocycles. The summed E-state index contributed by atoms with van der Waals surface area (Å²) in [6.45, 7) is 0. The third-order valence-corrected chi connectivity index (χ3v) is 3.26. The number of halogens is 1. The largest absolute Gasteiger partial charge is 0.111 e. The molecule has 1 heteroatoms. The van der Waals surface area contributed by atoms with Crippen molar-refractivity contribution in [1.82, 2.24) is 0 Å². The van der Waals surface area contributed by atoms with E-state index in [1.54, 1.807) is 0 Å². The van der Waals surface area contributed by atoms with E-state index in [1.165, 1.54) is 5.56 Å². The molecule has 0 unspecified atom stereocenters. The van der Waals surface area contributed by atoms with Crippen molar-refractivity contribution in [3.8, 4) is 11.1 Å². The highest BCUT2D eigenvalue weighted by Gasteiger charge is 2.10. The molecule has 0 aliphatic heterocycles. The lowest BCUT2D eigenvalue weighted by Crippen LogP contribution is -1.86. The van der Waals surface area contributed by atoms with E-state index in [1.807, 2.05) is 48.6 Å². The van der Waals surface area contributed by atoms with Crippen LogP contribution in [0, 0.1) is 6.08 Å². The molecule has 0 bridgehead atoms. The number of allylic oxidation sites excluding steroid dienone is 6. The zero-order valence-corrected chi connectivity index (χ0v) is 11.1. The lowest BCUT2D eigenvalue weighted by atomic mass is 9.97. The van der Waals surface area contributed by atoms with Gasteiger partial charge in [0.05, 0.1) is 11.6 Å². The zero-order valence-electron chi connectivity index (χ0n) is 10.3. The fourth-order valence-electron chi connectivity index (χ4n) is 2.13. The van der Waals surface area contributed by atoms with Crippen molar-refractivity contribution < 1.29 is 0 Å². The first kappa shape index (κ1) is 11.9. The van der Waals surface area contributed by atoms with Gasteiger partial charge in [0, 0.05) is 22.7 Å². The highest BCUT2D eigenvalue weighted by atomic mass is 35.5. The van der Waals surface area contributed by atoms with Crippen molar-refractivity contribution in [2.75, 3.05) is 0 Å². The lowest BCUT2D eigenvalue weighted by Gasteiger charge is -2.05. The van der Waals surface area contributed by atoms with E-state index in [0.717, 1.165) is 21.7 Å². The van der Waals surface area contributed by atoms with Crippen LogP contribution in [0.15, 0.2) is 72.8 Å². The predicted octanol–water partition coefficient (Wildman–Crippen LogP) is 5.32. The molecule has 3 rings (SSSR count). The Kier molecular flexibility index (Phi) is 3.29. The van der Waals surface area contributed by atoms with Gasteiger partial charge in [-0.3, -0.25) is 0 Å². The van der Waals surface area contributed by atoms with Gasteiger partial charge in [-0.15, -0.1) is 0 Å². The third kappa shape index (κ3) is 2.66.